The number of halogens is 12. The van der Waals surface area contributed by atoms with Crippen molar-refractivity contribution >= 4 is 46.1 Å². The van der Waals surface area contributed by atoms with Gasteiger partial charge in [-0.1, -0.05) is 121 Å². The van der Waals surface area contributed by atoms with E-state index in [2.05, 4.69) is 0 Å². The molecule has 0 aromatic heterocycles. The normalized spacial score (nSPS) is 13.0. The Morgan fingerprint density at radius 2 is 0.355 bits per heavy atom. The van der Waals surface area contributed by atoms with Crippen LogP contribution in [0, 0.1) is 0 Å². The van der Waals surface area contributed by atoms with Gasteiger partial charge < -0.3 is 9.13 Å². The summed E-state index contributed by atoms with van der Waals surface area (Å²) in [6, 6.07) is 33.8. The lowest BCUT2D eigenvalue weighted by Gasteiger charge is -2.21. The maximum absolute atomic E-state index is 14.9. The standard InChI is InChI=1S/C46H28F12O2P2/c47-43(48,49)33-9-21-39(22-10-33)61(59,40-23-11-34(12-24-40)44(50,51)52)37-17-5-31(6-18-37)29-1-2-30(4-3-29)32-7-19-38(20-8-32)62(60,41-25-13-35(14-26-41)45(53,54)55)42-27-15-36(16-28-42)46(56,57)58/h1-28H. The molecule has 318 valence electrons. The van der Waals surface area contributed by atoms with Crippen LogP contribution < -0.4 is 31.8 Å². The van der Waals surface area contributed by atoms with Gasteiger partial charge in [0.05, 0.1) is 22.3 Å². The fourth-order valence-electron chi connectivity index (χ4n) is 6.92. The minimum atomic E-state index is -4.68. The maximum Gasteiger partial charge on any atom is 0.416 e. The van der Waals surface area contributed by atoms with Gasteiger partial charge in [0.25, 0.3) is 0 Å². The van der Waals surface area contributed by atoms with E-state index in [1.807, 2.05) is 0 Å². The van der Waals surface area contributed by atoms with Crippen molar-refractivity contribution < 1.29 is 61.8 Å². The van der Waals surface area contributed by atoms with Gasteiger partial charge in [0.15, 0.2) is 14.3 Å². The van der Waals surface area contributed by atoms with Gasteiger partial charge in [-0.25, -0.2) is 0 Å². The second-order valence-electron chi connectivity index (χ2n) is 14.1. The predicted molar refractivity (Wildman–Crippen MR) is 216 cm³/mol. The summed E-state index contributed by atoms with van der Waals surface area (Å²) in [5.74, 6) is 0. The molecule has 7 rings (SSSR count). The fraction of sp³-hybridized carbons (Fsp3) is 0.0870. The summed E-state index contributed by atoms with van der Waals surface area (Å²) >= 11 is 0. The summed E-state index contributed by atoms with van der Waals surface area (Å²) in [6.07, 6.45) is -18.7. The highest BCUT2D eigenvalue weighted by molar-refractivity contribution is 7.85. The zero-order valence-electron chi connectivity index (χ0n) is 31.4. The Kier molecular flexibility index (Phi) is 11.5. The third kappa shape index (κ3) is 8.76. The van der Waals surface area contributed by atoms with E-state index in [4.69, 9.17) is 0 Å². The number of benzene rings is 7. The van der Waals surface area contributed by atoms with E-state index < -0.39 is 61.2 Å². The van der Waals surface area contributed by atoms with Gasteiger partial charge >= 0.3 is 24.7 Å². The molecule has 0 fully saturated rings. The van der Waals surface area contributed by atoms with E-state index in [0.29, 0.717) is 22.3 Å². The number of hydrogen-bond donors (Lipinski definition) is 0. The van der Waals surface area contributed by atoms with Crippen LogP contribution in [-0.2, 0) is 33.8 Å². The SMILES string of the molecule is O=P(c1ccc(-c2ccc(-c3ccc(P(=O)(c4ccc(C(F)(F)F)cc4)c4ccc(C(F)(F)F)cc4)cc3)cc2)cc1)(c1ccc(C(F)(F)F)cc1)c1ccc(C(F)(F)F)cc1. The summed E-state index contributed by atoms with van der Waals surface area (Å²) < 4.78 is 190. The van der Waals surface area contributed by atoms with Crippen LogP contribution in [0.25, 0.3) is 22.3 Å². The number of alkyl halides is 12. The number of hydrogen-bond acceptors (Lipinski definition) is 2. The zero-order valence-corrected chi connectivity index (χ0v) is 33.2. The van der Waals surface area contributed by atoms with Gasteiger partial charge in [0.2, 0.25) is 0 Å². The van der Waals surface area contributed by atoms with Crippen LogP contribution in [0.15, 0.2) is 170 Å². The van der Waals surface area contributed by atoms with Crippen LogP contribution in [0.5, 0.6) is 0 Å². The number of rotatable bonds is 8. The van der Waals surface area contributed by atoms with Crippen LogP contribution >= 0.6 is 14.3 Å². The van der Waals surface area contributed by atoms with Crippen molar-refractivity contribution in [1.82, 2.24) is 0 Å². The average molecular weight is 903 g/mol. The van der Waals surface area contributed by atoms with Gasteiger partial charge in [-0.15, -0.1) is 0 Å². The molecule has 0 aliphatic heterocycles. The van der Waals surface area contributed by atoms with E-state index in [0.717, 1.165) is 97.1 Å². The Labute approximate surface area is 346 Å². The van der Waals surface area contributed by atoms with E-state index in [9.17, 15) is 61.8 Å². The first-order valence-corrected chi connectivity index (χ1v) is 21.6. The quantitative estimate of drug-likeness (QED) is 0.112. The summed E-state index contributed by atoms with van der Waals surface area (Å²) in [6.45, 7) is 0. The molecule has 7 aromatic carbocycles. The first kappa shape index (κ1) is 44.2. The zero-order chi connectivity index (χ0) is 44.9. The van der Waals surface area contributed by atoms with Crippen LogP contribution in [0.4, 0.5) is 52.7 Å². The molecule has 0 radical (unpaired) electrons. The van der Waals surface area contributed by atoms with Crippen molar-refractivity contribution in [2.24, 2.45) is 0 Å². The Bertz CT molecular complexity index is 2460. The molecule has 0 heterocycles. The first-order valence-electron chi connectivity index (χ1n) is 18.2. The van der Waals surface area contributed by atoms with Crippen molar-refractivity contribution in [2.75, 3.05) is 0 Å². The minimum absolute atomic E-state index is 0.0246. The first-order chi connectivity index (χ1) is 29.0. The Morgan fingerprint density at radius 3 is 0.500 bits per heavy atom. The van der Waals surface area contributed by atoms with Gasteiger partial charge in [-0.2, -0.15) is 52.7 Å². The molecule has 0 N–H and O–H groups in total. The third-order valence-electron chi connectivity index (χ3n) is 10.2. The smallest absolute Gasteiger partial charge is 0.309 e. The molecule has 0 aliphatic rings. The Balaban J connectivity index is 1.18. The van der Waals surface area contributed by atoms with Crippen LogP contribution in [0.3, 0.4) is 0 Å². The topological polar surface area (TPSA) is 34.1 Å². The van der Waals surface area contributed by atoms with Gasteiger partial charge in [-0.05, 0) is 70.8 Å². The average Bonchev–Trinajstić information content (AvgIpc) is 3.25. The molecule has 2 nitrogen and oxygen atoms in total. The van der Waals surface area contributed by atoms with Crippen molar-refractivity contribution in [3.8, 4) is 22.3 Å². The lowest BCUT2D eigenvalue weighted by Crippen LogP contribution is -2.25. The predicted octanol–water partition coefficient (Wildman–Crippen LogP) is 12.4. The second kappa shape index (κ2) is 16.1. The Morgan fingerprint density at radius 1 is 0.226 bits per heavy atom. The summed E-state index contributed by atoms with van der Waals surface area (Å²) in [4.78, 5) is 0. The molecule has 0 amide bonds. The van der Waals surface area contributed by atoms with Gasteiger partial charge in [-0.3, -0.25) is 0 Å². The van der Waals surface area contributed by atoms with Gasteiger partial charge in [0.1, 0.15) is 0 Å². The third-order valence-corrected chi connectivity index (χ3v) is 16.4. The fourth-order valence-corrected chi connectivity index (χ4v) is 12.1. The second-order valence-corrected chi connectivity index (χ2v) is 19.6. The molecule has 0 saturated heterocycles. The van der Waals surface area contributed by atoms with Crippen molar-refractivity contribution in [2.45, 2.75) is 24.7 Å². The van der Waals surface area contributed by atoms with Gasteiger partial charge in [0, 0.05) is 31.8 Å². The molecule has 0 spiro atoms. The molecule has 62 heavy (non-hydrogen) atoms. The molecule has 16 heteroatoms. The molecule has 0 saturated carbocycles. The summed E-state index contributed by atoms with van der Waals surface area (Å²) in [5.41, 5.74) is -1.39. The molecule has 0 unspecified atom stereocenters. The molecule has 7 aromatic rings. The molecular weight excluding hydrogens is 874 g/mol. The molecular formula is C46H28F12O2P2. The monoisotopic (exact) mass is 902 g/mol. The largest absolute Gasteiger partial charge is 0.416 e. The van der Waals surface area contributed by atoms with Crippen LogP contribution in [0.2, 0.25) is 0 Å². The molecule has 0 bridgehead atoms. The van der Waals surface area contributed by atoms with Crippen LogP contribution in [-0.4, -0.2) is 0 Å². The van der Waals surface area contributed by atoms with E-state index in [1.165, 1.54) is 24.3 Å². The highest BCUT2D eigenvalue weighted by Gasteiger charge is 2.37. The highest BCUT2D eigenvalue weighted by Crippen LogP contribution is 2.46. The highest BCUT2D eigenvalue weighted by atomic mass is 31.2. The van der Waals surface area contributed by atoms with E-state index >= 15 is 0 Å². The van der Waals surface area contributed by atoms with E-state index in [-0.39, 0.29) is 31.8 Å². The van der Waals surface area contributed by atoms with Crippen molar-refractivity contribution in [1.29, 1.82) is 0 Å². The minimum Gasteiger partial charge on any atom is -0.309 e. The van der Waals surface area contributed by atoms with Crippen molar-refractivity contribution in [3.05, 3.63) is 192 Å². The lowest BCUT2D eigenvalue weighted by molar-refractivity contribution is -0.138. The summed E-state index contributed by atoms with van der Waals surface area (Å²) in [5, 5.41) is 0.212. The maximum atomic E-state index is 14.9. The summed E-state index contributed by atoms with van der Waals surface area (Å²) in [7, 11) is -8.00. The molecule has 0 aliphatic carbocycles. The lowest BCUT2D eigenvalue weighted by atomic mass is 10.0. The van der Waals surface area contributed by atoms with Crippen molar-refractivity contribution in [3.63, 3.8) is 0 Å². The van der Waals surface area contributed by atoms with E-state index in [1.54, 1.807) is 48.5 Å². The molecule has 0 atom stereocenters. The Hall–Kier alpha value is -5.84. The van der Waals surface area contributed by atoms with Crippen LogP contribution in [0.1, 0.15) is 22.3 Å².